The highest BCUT2D eigenvalue weighted by molar-refractivity contribution is 5.69. The van der Waals surface area contributed by atoms with Crippen molar-refractivity contribution in [3.05, 3.63) is 47.4 Å². The molecule has 6 heteroatoms. The Morgan fingerprint density at radius 2 is 1.72 bits per heavy atom. The van der Waals surface area contributed by atoms with Gasteiger partial charge in [-0.1, -0.05) is 32.4 Å². The molecule has 4 rings (SSSR count). The maximum atomic E-state index is 10.1. The summed E-state index contributed by atoms with van der Waals surface area (Å²) in [6.45, 7) is 6.58. The van der Waals surface area contributed by atoms with Gasteiger partial charge in [0.2, 0.25) is 0 Å². The van der Waals surface area contributed by atoms with E-state index in [2.05, 4.69) is 23.6 Å². The van der Waals surface area contributed by atoms with E-state index in [9.17, 15) is 5.11 Å². The molecule has 158 valence electrons. The van der Waals surface area contributed by atoms with Crippen LogP contribution < -0.4 is 17.2 Å². The van der Waals surface area contributed by atoms with Crippen LogP contribution in [0.5, 0.6) is 5.75 Å². The molecular weight excluding hydrogens is 362 g/mol. The smallest absolute Gasteiger partial charge is 0.124 e. The Hall–Kier alpha value is -2.34. The summed E-state index contributed by atoms with van der Waals surface area (Å²) >= 11 is 0. The molecule has 3 fully saturated rings. The summed E-state index contributed by atoms with van der Waals surface area (Å²) in [6, 6.07) is 8.89. The molecule has 1 saturated carbocycles. The lowest BCUT2D eigenvalue weighted by Gasteiger charge is -2.55. The SMILES string of the molecule is CCC1(C)CC(N2C3CCC2CN(C(/C=C(\N)c2ccccc2O)=C(N)N)C3)C1. The van der Waals surface area contributed by atoms with Crippen molar-refractivity contribution < 1.29 is 5.11 Å². The van der Waals surface area contributed by atoms with Gasteiger partial charge in [-0.3, -0.25) is 4.90 Å². The molecule has 2 saturated heterocycles. The van der Waals surface area contributed by atoms with E-state index in [1.54, 1.807) is 18.2 Å². The second kappa shape index (κ2) is 7.48. The van der Waals surface area contributed by atoms with Gasteiger partial charge in [-0.2, -0.15) is 0 Å². The number of piperazine rings is 1. The van der Waals surface area contributed by atoms with Crippen LogP contribution in [0.1, 0.15) is 51.5 Å². The molecule has 29 heavy (non-hydrogen) atoms. The number of aromatic hydroxyl groups is 1. The number of hydrogen-bond acceptors (Lipinski definition) is 6. The van der Waals surface area contributed by atoms with Crippen LogP contribution in [0.2, 0.25) is 0 Å². The fourth-order valence-corrected chi connectivity index (χ4v) is 5.61. The highest BCUT2D eigenvalue weighted by Gasteiger charge is 2.50. The van der Waals surface area contributed by atoms with Gasteiger partial charge >= 0.3 is 0 Å². The van der Waals surface area contributed by atoms with Gasteiger partial charge < -0.3 is 27.2 Å². The number of hydrogen-bond donors (Lipinski definition) is 4. The van der Waals surface area contributed by atoms with E-state index in [1.807, 2.05) is 12.1 Å². The van der Waals surface area contributed by atoms with Crippen molar-refractivity contribution in [3.63, 3.8) is 0 Å². The van der Waals surface area contributed by atoms with Crippen molar-refractivity contribution in [3.8, 4) is 5.75 Å². The number of phenols is 1. The van der Waals surface area contributed by atoms with Crippen LogP contribution in [0.25, 0.3) is 5.70 Å². The Balaban J connectivity index is 1.51. The number of nitrogens with zero attached hydrogens (tertiary/aromatic N) is 2. The molecule has 0 radical (unpaired) electrons. The Kier molecular flexibility index (Phi) is 5.15. The highest BCUT2D eigenvalue weighted by atomic mass is 16.3. The first-order chi connectivity index (χ1) is 13.8. The normalized spacial score (nSPS) is 32.1. The van der Waals surface area contributed by atoms with E-state index in [0.717, 1.165) is 24.8 Å². The van der Waals surface area contributed by atoms with Crippen molar-refractivity contribution in [2.75, 3.05) is 13.1 Å². The summed E-state index contributed by atoms with van der Waals surface area (Å²) in [7, 11) is 0. The number of fused-ring (bicyclic) bond motifs is 2. The minimum Gasteiger partial charge on any atom is -0.507 e. The van der Waals surface area contributed by atoms with Crippen molar-refractivity contribution in [2.45, 2.75) is 64.1 Å². The van der Waals surface area contributed by atoms with E-state index >= 15 is 0 Å². The maximum Gasteiger partial charge on any atom is 0.124 e. The number of benzene rings is 1. The summed E-state index contributed by atoms with van der Waals surface area (Å²) in [5.74, 6) is 0.434. The molecule has 7 N–H and O–H groups in total. The van der Waals surface area contributed by atoms with Gasteiger partial charge in [-0.15, -0.1) is 0 Å². The highest BCUT2D eigenvalue weighted by Crippen LogP contribution is 2.49. The molecule has 1 aliphatic carbocycles. The minimum atomic E-state index is 0.157. The van der Waals surface area contributed by atoms with Crippen LogP contribution in [0.4, 0.5) is 0 Å². The van der Waals surface area contributed by atoms with Gasteiger partial charge in [0.05, 0.1) is 5.70 Å². The van der Waals surface area contributed by atoms with E-state index in [1.165, 1.54) is 32.1 Å². The monoisotopic (exact) mass is 397 g/mol. The second-order valence-electron chi connectivity index (χ2n) is 9.42. The van der Waals surface area contributed by atoms with Gasteiger partial charge in [0, 0.05) is 42.5 Å². The second-order valence-corrected chi connectivity index (χ2v) is 9.42. The Labute approximate surface area is 174 Å². The third-order valence-electron chi connectivity index (χ3n) is 7.41. The maximum absolute atomic E-state index is 10.1. The molecular formula is C23H35N5O. The van der Waals surface area contributed by atoms with Crippen LogP contribution in [0, 0.1) is 5.41 Å². The lowest BCUT2D eigenvalue weighted by atomic mass is 9.64. The third kappa shape index (κ3) is 3.66. The van der Waals surface area contributed by atoms with E-state index in [0.29, 0.717) is 28.8 Å². The first-order valence-electron chi connectivity index (χ1n) is 10.8. The number of phenolic OH excluding ortho intramolecular Hbond substituents is 1. The summed E-state index contributed by atoms with van der Waals surface area (Å²) in [5, 5.41) is 10.1. The molecule has 0 aromatic heterocycles. The van der Waals surface area contributed by atoms with Crippen LogP contribution in [-0.2, 0) is 0 Å². The zero-order chi connectivity index (χ0) is 20.8. The van der Waals surface area contributed by atoms with Gasteiger partial charge in [0.15, 0.2) is 0 Å². The Morgan fingerprint density at radius 1 is 1.10 bits per heavy atom. The fourth-order valence-electron chi connectivity index (χ4n) is 5.61. The summed E-state index contributed by atoms with van der Waals surface area (Å²) in [4.78, 5) is 5.08. The molecule has 0 spiro atoms. The average Bonchev–Trinajstić information content (AvgIpc) is 2.92. The predicted molar refractivity (Wildman–Crippen MR) is 117 cm³/mol. The van der Waals surface area contributed by atoms with E-state index in [-0.39, 0.29) is 11.6 Å². The van der Waals surface area contributed by atoms with Crippen molar-refractivity contribution in [1.82, 2.24) is 9.80 Å². The molecule has 2 bridgehead atoms. The van der Waals surface area contributed by atoms with Crippen LogP contribution in [0.15, 0.2) is 41.9 Å². The molecule has 2 unspecified atom stereocenters. The molecule has 3 aliphatic rings. The van der Waals surface area contributed by atoms with E-state index < -0.39 is 0 Å². The number of para-hydroxylation sites is 1. The van der Waals surface area contributed by atoms with Crippen molar-refractivity contribution in [1.29, 1.82) is 0 Å². The third-order valence-corrected chi connectivity index (χ3v) is 7.41. The lowest BCUT2D eigenvalue weighted by Crippen LogP contribution is -2.61. The minimum absolute atomic E-state index is 0.157. The van der Waals surface area contributed by atoms with Gasteiger partial charge in [-0.25, -0.2) is 0 Å². The predicted octanol–water partition coefficient (Wildman–Crippen LogP) is 2.51. The van der Waals surface area contributed by atoms with Crippen LogP contribution in [-0.4, -0.2) is 46.1 Å². The number of nitrogens with two attached hydrogens (primary N) is 3. The lowest BCUT2D eigenvalue weighted by molar-refractivity contribution is -0.0442. The Bertz CT molecular complexity index is 808. The van der Waals surface area contributed by atoms with Crippen LogP contribution >= 0.6 is 0 Å². The topological polar surface area (TPSA) is 105 Å². The van der Waals surface area contributed by atoms with Gasteiger partial charge in [0.1, 0.15) is 11.6 Å². The van der Waals surface area contributed by atoms with Gasteiger partial charge in [-0.05, 0) is 49.3 Å². The largest absolute Gasteiger partial charge is 0.507 e. The number of likely N-dealkylation sites (tertiary alicyclic amines) is 1. The molecule has 2 atom stereocenters. The first-order valence-corrected chi connectivity index (χ1v) is 10.8. The number of rotatable bonds is 5. The fraction of sp³-hybridized carbons (Fsp3) is 0.565. The summed E-state index contributed by atoms with van der Waals surface area (Å²) < 4.78 is 0. The van der Waals surface area contributed by atoms with E-state index in [4.69, 9.17) is 17.2 Å². The Morgan fingerprint density at radius 3 is 2.28 bits per heavy atom. The van der Waals surface area contributed by atoms with Crippen molar-refractivity contribution >= 4 is 5.70 Å². The number of allylic oxidation sites excluding steroid dienone is 1. The standard InChI is InChI=1S/C23H35N5O/c1-3-23(2)11-17(12-23)28-15-8-9-16(28)14-27(13-15)20(22(25)26)10-19(24)18-6-4-5-7-21(18)29/h4-7,10,15-17,29H,3,8-9,11-14,24-26H2,1-2H3/b19-10-. The molecule has 2 aliphatic heterocycles. The summed E-state index contributed by atoms with van der Waals surface area (Å²) in [6.07, 6.45) is 8.19. The zero-order valence-electron chi connectivity index (χ0n) is 17.6. The van der Waals surface area contributed by atoms with Crippen LogP contribution in [0.3, 0.4) is 0 Å². The molecule has 0 amide bonds. The first kappa shape index (κ1) is 20.0. The quantitative estimate of drug-likeness (QED) is 0.569. The summed E-state index contributed by atoms with van der Waals surface area (Å²) in [5.41, 5.74) is 20.8. The van der Waals surface area contributed by atoms with Crippen molar-refractivity contribution in [2.24, 2.45) is 22.6 Å². The molecule has 6 nitrogen and oxygen atoms in total. The zero-order valence-corrected chi connectivity index (χ0v) is 17.6. The average molecular weight is 398 g/mol. The molecule has 2 heterocycles. The van der Waals surface area contributed by atoms with Gasteiger partial charge in [0.25, 0.3) is 0 Å². The molecule has 1 aromatic carbocycles. The molecule has 1 aromatic rings.